The first-order valence-corrected chi connectivity index (χ1v) is 7.15. The Balaban J connectivity index is 2.28. The van der Waals surface area contributed by atoms with Crippen LogP contribution in [0, 0.1) is 0 Å². The van der Waals surface area contributed by atoms with Gasteiger partial charge in [0, 0.05) is 12.7 Å². The molecule has 0 atom stereocenters. The van der Waals surface area contributed by atoms with E-state index in [2.05, 4.69) is 17.2 Å². The fourth-order valence-electron chi connectivity index (χ4n) is 1.80. The number of nitrogens with zero attached hydrogens (tertiary/aromatic N) is 1. The van der Waals surface area contributed by atoms with Gasteiger partial charge in [-0.15, -0.1) is 0 Å². The van der Waals surface area contributed by atoms with E-state index in [1.165, 1.54) is 44.4 Å². The van der Waals surface area contributed by atoms with Crippen LogP contribution >= 0.6 is 11.6 Å². The molecule has 0 saturated carbocycles. The Morgan fingerprint density at radius 2 is 2.00 bits per heavy atom. The van der Waals surface area contributed by atoms with E-state index < -0.39 is 5.97 Å². The van der Waals surface area contributed by atoms with Gasteiger partial charge in [-0.2, -0.15) is 0 Å². The first-order valence-electron chi connectivity index (χ1n) is 6.78. The Bertz CT molecular complexity index is 410. The van der Waals surface area contributed by atoms with Crippen LogP contribution in [0.25, 0.3) is 0 Å². The number of rotatable bonds is 9. The van der Waals surface area contributed by atoms with E-state index in [1.54, 1.807) is 0 Å². The average Bonchev–Trinajstić information content (AvgIpc) is 2.39. The molecule has 0 fully saturated rings. The van der Waals surface area contributed by atoms with Crippen LogP contribution in [0.3, 0.4) is 0 Å². The molecule has 0 aliphatic rings. The average molecular weight is 285 g/mol. The second kappa shape index (κ2) is 8.75. The molecule has 106 valence electrons. The quantitative estimate of drug-likeness (QED) is 0.667. The van der Waals surface area contributed by atoms with Crippen LogP contribution in [-0.4, -0.2) is 22.6 Å². The van der Waals surface area contributed by atoms with Gasteiger partial charge in [-0.25, -0.2) is 9.78 Å². The number of unbranched alkanes of at least 4 members (excludes halogenated alkanes) is 5. The molecule has 0 aliphatic carbocycles. The van der Waals surface area contributed by atoms with Crippen molar-refractivity contribution in [2.24, 2.45) is 0 Å². The van der Waals surface area contributed by atoms with Crippen LogP contribution in [0.5, 0.6) is 0 Å². The fourth-order valence-corrected chi connectivity index (χ4v) is 2.03. The Morgan fingerprint density at radius 1 is 1.32 bits per heavy atom. The second-order valence-corrected chi connectivity index (χ2v) is 4.96. The van der Waals surface area contributed by atoms with Gasteiger partial charge in [-0.3, -0.25) is 0 Å². The van der Waals surface area contributed by atoms with Gasteiger partial charge in [-0.1, -0.05) is 50.6 Å². The molecule has 0 amide bonds. The van der Waals surface area contributed by atoms with Crippen LogP contribution in [0.4, 0.5) is 5.82 Å². The van der Waals surface area contributed by atoms with Crippen molar-refractivity contribution in [3.63, 3.8) is 0 Å². The van der Waals surface area contributed by atoms with E-state index in [9.17, 15) is 4.79 Å². The lowest BCUT2D eigenvalue weighted by molar-refractivity contribution is 0.0696. The maximum Gasteiger partial charge on any atom is 0.337 e. The van der Waals surface area contributed by atoms with E-state index >= 15 is 0 Å². The largest absolute Gasteiger partial charge is 0.478 e. The van der Waals surface area contributed by atoms with Crippen molar-refractivity contribution in [1.29, 1.82) is 0 Å². The number of pyridine rings is 1. The van der Waals surface area contributed by atoms with Crippen molar-refractivity contribution in [3.05, 3.63) is 22.8 Å². The summed E-state index contributed by atoms with van der Waals surface area (Å²) in [6.45, 7) is 3.02. The number of hydrogen-bond donors (Lipinski definition) is 2. The Labute approximate surface area is 119 Å². The molecule has 1 heterocycles. The number of nitrogens with one attached hydrogen (secondary N) is 1. The van der Waals surface area contributed by atoms with Gasteiger partial charge in [-0.05, 0) is 12.5 Å². The SMILES string of the molecule is CCCCCCCCNc1ncc(C(=O)O)cc1Cl. The molecule has 0 unspecified atom stereocenters. The summed E-state index contributed by atoms with van der Waals surface area (Å²) < 4.78 is 0. The second-order valence-electron chi connectivity index (χ2n) is 4.55. The minimum atomic E-state index is -1.02. The third kappa shape index (κ3) is 5.92. The highest BCUT2D eigenvalue weighted by Crippen LogP contribution is 2.20. The molecule has 19 heavy (non-hydrogen) atoms. The summed E-state index contributed by atoms with van der Waals surface area (Å²) in [5.41, 5.74) is 0.107. The van der Waals surface area contributed by atoms with Gasteiger partial charge in [0.1, 0.15) is 5.82 Å². The molecule has 0 radical (unpaired) electrons. The highest BCUT2D eigenvalue weighted by molar-refractivity contribution is 6.33. The Hall–Kier alpha value is -1.29. The fraction of sp³-hybridized carbons (Fsp3) is 0.571. The molecule has 2 N–H and O–H groups in total. The summed E-state index contributed by atoms with van der Waals surface area (Å²) in [6.07, 6.45) is 8.70. The van der Waals surface area contributed by atoms with E-state index in [0.717, 1.165) is 13.0 Å². The molecule has 0 saturated heterocycles. The minimum absolute atomic E-state index is 0.107. The van der Waals surface area contributed by atoms with Gasteiger partial charge in [0.05, 0.1) is 10.6 Å². The van der Waals surface area contributed by atoms with Crippen LogP contribution in [0.1, 0.15) is 55.8 Å². The first kappa shape index (κ1) is 15.8. The van der Waals surface area contributed by atoms with Crippen molar-refractivity contribution in [2.45, 2.75) is 45.4 Å². The minimum Gasteiger partial charge on any atom is -0.478 e. The monoisotopic (exact) mass is 284 g/mol. The Kier molecular flexibility index (Phi) is 7.26. The zero-order chi connectivity index (χ0) is 14.1. The van der Waals surface area contributed by atoms with Crippen molar-refractivity contribution in [3.8, 4) is 0 Å². The number of hydrogen-bond acceptors (Lipinski definition) is 3. The van der Waals surface area contributed by atoms with Crippen molar-refractivity contribution in [1.82, 2.24) is 4.98 Å². The summed E-state index contributed by atoms with van der Waals surface area (Å²) in [5, 5.41) is 12.3. The summed E-state index contributed by atoms with van der Waals surface area (Å²) >= 11 is 5.97. The summed E-state index contributed by atoms with van der Waals surface area (Å²) in [7, 11) is 0. The normalized spacial score (nSPS) is 10.4. The molecular weight excluding hydrogens is 264 g/mol. The van der Waals surface area contributed by atoms with Crippen molar-refractivity contribution >= 4 is 23.4 Å². The topological polar surface area (TPSA) is 62.2 Å². The third-order valence-corrected chi connectivity index (χ3v) is 3.20. The molecule has 4 nitrogen and oxygen atoms in total. The van der Waals surface area contributed by atoms with E-state index in [-0.39, 0.29) is 5.56 Å². The van der Waals surface area contributed by atoms with Crippen LogP contribution < -0.4 is 5.32 Å². The molecule has 1 aromatic heterocycles. The maximum absolute atomic E-state index is 10.7. The highest BCUT2D eigenvalue weighted by Gasteiger charge is 2.07. The number of carboxylic acid groups (broad SMARTS) is 1. The summed E-state index contributed by atoms with van der Waals surface area (Å²) in [6, 6.07) is 1.42. The molecule has 5 heteroatoms. The van der Waals surface area contributed by atoms with Gasteiger partial charge in [0.25, 0.3) is 0 Å². The zero-order valence-electron chi connectivity index (χ0n) is 11.3. The summed E-state index contributed by atoms with van der Waals surface area (Å²) in [4.78, 5) is 14.8. The van der Waals surface area contributed by atoms with Crippen LogP contribution in [0.2, 0.25) is 5.02 Å². The number of carboxylic acids is 1. The smallest absolute Gasteiger partial charge is 0.337 e. The molecule has 0 bridgehead atoms. The Morgan fingerprint density at radius 3 is 2.63 bits per heavy atom. The molecule has 1 aromatic rings. The standard InChI is InChI=1S/C14H21ClN2O2/c1-2-3-4-5-6-7-8-16-13-12(15)9-11(10-17-13)14(18)19/h9-10H,2-8H2,1H3,(H,16,17)(H,18,19). The molecule has 1 rings (SSSR count). The predicted octanol–water partition coefficient (Wildman–Crippen LogP) is 4.21. The number of aromatic nitrogens is 1. The first-order chi connectivity index (χ1) is 9.15. The zero-order valence-corrected chi connectivity index (χ0v) is 12.0. The number of anilines is 1. The molecule has 0 aliphatic heterocycles. The van der Waals surface area contributed by atoms with E-state index in [4.69, 9.17) is 16.7 Å². The highest BCUT2D eigenvalue weighted by atomic mass is 35.5. The van der Waals surface area contributed by atoms with Gasteiger partial charge in [0.15, 0.2) is 0 Å². The lowest BCUT2D eigenvalue weighted by atomic mass is 10.1. The van der Waals surface area contributed by atoms with E-state index in [1.807, 2.05) is 0 Å². The van der Waals surface area contributed by atoms with Crippen molar-refractivity contribution in [2.75, 3.05) is 11.9 Å². The number of halogens is 1. The maximum atomic E-state index is 10.7. The van der Waals surface area contributed by atoms with Gasteiger partial charge >= 0.3 is 5.97 Å². The predicted molar refractivity (Wildman–Crippen MR) is 78.1 cm³/mol. The summed E-state index contributed by atoms with van der Waals surface area (Å²) in [5.74, 6) is -0.461. The van der Waals surface area contributed by atoms with Crippen LogP contribution in [0.15, 0.2) is 12.3 Å². The third-order valence-electron chi connectivity index (χ3n) is 2.91. The lowest BCUT2D eigenvalue weighted by Gasteiger charge is -2.07. The molecular formula is C14H21ClN2O2. The number of aromatic carboxylic acids is 1. The van der Waals surface area contributed by atoms with E-state index in [0.29, 0.717) is 10.8 Å². The number of carbonyl (C=O) groups is 1. The lowest BCUT2D eigenvalue weighted by Crippen LogP contribution is -2.05. The van der Waals surface area contributed by atoms with Gasteiger partial charge in [0.2, 0.25) is 0 Å². The van der Waals surface area contributed by atoms with Crippen molar-refractivity contribution < 1.29 is 9.90 Å². The van der Waals surface area contributed by atoms with Gasteiger partial charge < -0.3 is 10.4 Å². The van der Waals surface area contributed by atoms with Crippen LogP contribution in [-0.2, 0) is 0 Å². The molecule has 0 spiro atoms. The molecule has 0 aromatic carbocycles.